The molecule has 198 valence electrons. The number of alkyl halides is 3. The Balaban J connectivity index is 1.22. The molecular weight excluding hydrogens is 508 g/mol. The van der Waals surface area contributed by atoms with Gasteiger partial charge in [0.25, 0.3) is 0 Å². The lowest BCUT2D eigenvalue weighted by Crippen LogP contribution is -2.28. The van der Waals surface area contributed by atoms with Gasteiger partial charge in [-0.05, 0) is 30.0 Å². The first kappa shape index (κ1) is 25.2. The Hall–Kier alpha value is -4.49. The lowest BCUT2D eigenvalue weighted by atomic mass is 10.0. The van der Waals surface area contributed by atoms with Crippen molar-refractivity contribution in [2.24, 2.45) is 7.05 Å². The summed E-state index contributed by atoms with van der Waals surface area (Å²) in [7, 11) is 3.52. The molecule has 1 aliphatic rings. The Morgan fingerprint density at radius 1 is 1.16 bits per heavy atom. The molecule has 0 radical (unpaired) electrons. The quantitative estimate of drug-likeness (QED) is 0.283. The highest BCUT2D eigenvalue weighted by Gasteiger charge is 2.66. The van der Waals surface area contributed by atoms with Gasteiger partial charge in [-0.15, -0.1) is 0 Å². The number of halogens is 4. The fraction of sp³-hybridized carbons (Fsp3) is 0.292. The fourth-order valence-corrected chi connectivity index (χ4v) is 4.01. The molecule has 38 heavy (non-hydrogen) atoms. The van der Waals surface area contributed by atoms with Gasteiger partial charge >= 0.3 is 6.18 Å². The molecular formula is C24H22F4N8O2. The number of aryl methyl sites for hydroxylation is 1. The molecule has 1 aliphatic carbocycles. The molecule has 5 rings (SSSR count). The van der Waals surface area contributed by atoms with Gasteiger partial charge in [0.2, 0.25) is 11.9 Å². The van der Waals surface area contributed by atoms with Crippen LogP contribution in [-0.4, -0.2) is 44.0 Å². The zero-order valence-electron chi connectivity index (χ0n) is 20.2. The van der Waals surface area contributed by atoms with E-state index in [2.05, 4.69) is 36.2 Å². The predicted molar refractivity (Wildman–Crippen MR) is 129 cm³/mol. The van der Waals surface area contributed by atoms with Crippen LogP contribution in [-0.2, 0) is 23.7 Å². The second-order valence-corrected chi connectivity index (χ2v) is 8.92. The minimum Gasteiger partial charge on any atom is -0.370 e. The normalized spacial score (nSPS) is 14.3. The topological polar surface area (TPSA) is 123 Å². The first-order valence-electron chi connectivity index (χ1n) is 11.5. The summed E-state index contributed by atoms with van der Waals surface area (Å²) in [5.74, 6) is -0.837. The summed E-state index contributed by atoms with van der Waals surface area (Å²) in [6.45, 7) is 0. The van der Waals surface area contributed by atoms with Gasteiger partial charge < -0.3 is 20.5 Å². The molecule has 14 heteroatoms. The van der Waals surface area contributed by atoms with Crippen LogP contribution in [0.3, 0.4) is 0 Å². The maximum atomic E-state index is 14.8. The van der Waals surface area contributed by atoms with Gasteiger partial charge in [-0.2, -0.15) is 18.3 Å². The Labute approximate surface area is 213 Å². The third-order valence-electron chi connectivity index (χ3n) is 6.24. The number of rotatable bonds is 8. The van der Waals surface area contributed by atoms with E-state index in [1.807, 2.05) is 0 Å². The molecule has 0 unspecified atom stereocenters. The predicted octanol–water partition coefficient (Wildman–Crippen LogP) is 4.56. The van der Waals surface area contributed by atoms with E-state index in [9.17, 15) is 22.4 Å². The van der Waals surface area contributed by atoms with Gasteiger partial charge in [-0.25, -0.2) is 14.4 Å². The van der Waals surface area contributed by atoms with E-state index < -0.39 is 23.3 Å². The number of amides is 1. The summed E-state index contributed by atoms with van der Waals surface area (Å²) in [5, 5.41) is 16.1. The summed E-state index contributed by atoms with van der Waals surface area (Å²) in [6, 6.07) is 5.38. The minimum atomic E-state index is -4.46. The maximum Gasteiger partial charge on any atom is 0.401 e. The average molecular weight is 530 g/mol. The number of carbonyl (C=O) groups is 1. The van der Waals surface area contributed by atoms with Crippen molar-refractivity contribution in [3.8, 4) is 11.1 Å². The van der Waals surface area contributed by atoms with Crippen molar-refractivity contribution < 1.29 is 26.9 Å². The number of hydrogen-bond acceptors (Lipinski definition) is 8. The molecule has 0 bridgehead atoms. The maximum absolute atomic E-state index is 14.8. The number of hydrogen-bond donors (Lipinski definition) is 3. The minimum absolute atomic E-state index is 0.0946. The molecule has 1 aromatic carbocycles. The van der Waals surface area contributed by atoms with E-state index in [0.717, 1.165) is 6.07 Å². The Kier molecular flexibility index (Phi) is 6.25. The van der Waals surface area contributed by atoms with E-state index in [1.165, 1.54) is 24.5 Å². The third kappa shape index (κ3) is 4.88. The van der Waals surface area contributed by atoms with E-state index in [0.29, 0.717) is 28.6 Å². The summed E-state index contributed by atoms with van der Waals surface area (Å²) < 4.78 is 61.0. The number of aromatic nitrogens is 5. The highest BCUT2D eigenvalue weighted by atomic mass is 19.4. The smallest absolute Gasteiger partial charge is 0.370 e. The Bertz CT molecular complexity index is 1480. The second kappa shape index (κ2) is 9.43. The summed E-state index contributed by atoms with van der Waals surface area (Å²) in [6.07, 6.45) is -0.178. The molecule has 0 aliphatic heterocycles. The van der Waals surface area contributed by atoms with Crippen molar-refractivity contribution in [1.29, 1.82) is 0 Å². The molecule has 3 N–H and O–H groups in total. The van der Waals surface area contributed by atoms with Gasteiger partial charge in [0.1, 0.15) is 16.9 Å². The molecule has 10 nitrogen and oxygen atoms in total. The average Bonchev–Trinajstić information content (AvgIpc) is 3.45. The lowest BCUT2D eigenvalue weighted by molar-refractivity contribution is -0.165. The second-order valence-electron chi connectivity index (χ2n) is 8.92. The van der Waals surface area contributed by atoms with Crippen LogP contribution in [0, 0.1) is 5.82 Å². The third-order valence-corrected chi connectivity index (χ3v) is 6.24. The monoisotopic (exact) mass is 530 g/mol. The Morgan fingerprint density at radius 3 is 2.53 bits per heavy atom. The first-order valence-corrected chi connectivity index (χ1v) is 11.5. The van der Waals surface area contributed by atoms with E-state index in [4.69, 9.17) is 4.52 Å². The van der Waals surface area contributed by atoms with Crippen molar-refractivity contribution in [1.82, 2.24) is 24.9 Å². The number of nitrogens with one attached hydrogen (secondary N) is 3. The molecule has 0 saturated heterocycles. The highest BCUT2D eigenvalue weighted by Crippen LogP contribution is 2.59. The standard InChI is InChI=1S/C24H22F4N8O2/c1-29-21-17(12-36(2)34-21)32-22-30-10-15(11-31-22)13-3-4-14(16(25)7-13)8-20(37)33-19-9-18(38-35-19)23(5-6-23)24(26,27)28/h3-4,7,9-12H,5-6,8H2,1-2H3,(H,29,34)(H,30,31,32)(H,33,35,37). The van der Waals surface area contributed by atoms with Crippen LogP contribution in [0.5, 0.6) is 0 Å². The van der Waals surface area contributed by atoms with Crippen LogP contribution in [0.2, 0.25) is 0 Å². The number of anilines is 4. The van der Waals surface area contributed by atoms with E-state index >= 15 is 0 Å². The zero-order valence-corrected chi connectivity index (χ0v) is 20.2. The van der Waals surface area contributed by atoms with Crippen molar-refractivity contribution in [2.75, 3.05) is 23.0 Å². The highest BCUT2D eigenvalue weighted by molar-refractivity contribution is 5.91. The molecule has 1 fully saturated rings. The summed E-state index contributed by atoms with van der Waals surface area (Å²) >= 11 is 0. The van der Waals surface area contributed by atoms with Gasteiger partial charge in [-0.3, -0.25) is 9.48 Å². The molecule has 0 spiro atoms. The molecule has 1 saturated carbocycles. The van der Waals surface area contributed by atoms with Gasteiger partial charge in [0.05, 0.1) is 12.6 Å². The molecule has 3 heterocycles. The first-order chi connectivity index (χ1) is 18.1. The number of benzene rings is 1. The van der Waals surface area contributed by atoms with Crippen LogP contribution in [0.25, 0.3) is 11.1 Å². The van der Waals surface area contributed by atoms with Crippen LogP contribution in [0.15, 0.2) is 47.4 Å². The van der Waals surface area contributed by atoms with Gasteiger partial charge in [0, 0.05) is 38.1 Å². The van der Waals surface area contributed by atoms with Crippen molar-refractivity contribution >= 4 is 29.2 Å². The van der Waals surface area contributed by atoms with E-state index in [1.54, 1.807) is 31.0 Å². The van der Waals surface area contributed by atoms with Crippen LogP contribution in [0.1, 0.15) is 24.2 Å². The van der Waals surface area contributed by atoms with E-state index in [-0.39, 0.29) is 36.4 Å². The Morgan fingerprint density at radius 2 is 1.89 bits per heavy atom. The molecule has 1 amide bonds. The van der Waals surface area contributed by atoms with Crippen molar-refractivity contribution in [3.05, 3.63) is 60.0 Å². The summed E-state index contributed by atoms with van der Waals surface area (Å²) in [4.78, 5) is 20.9. The molecule has 3 aromatic heterocycles. The zero-order chi connectivity index (χ0) is 27.1. The van der Waals surface area contributed by atoms with Crippen LogP contribution < -0.4 is 16.0 Å². The van der Waals surface area contributed by atoms with Crippen LogP contribution in [0.4, 0.5) is 40.8 Å². The number of nitrogens with zero attached hydrogens (tertiary/aromatic N) is 5. The largest absolute Gasteiger partial charge is 0.401 e. The van der Waals surface area contributed by atoms with Crippen molar-refractivity contribution in [3.63, 3.8) is 0 Å². The molecule has 4 aromatic rings. The van der Waals surface area contributed by atoms with Gasteiger partial charge in [0.15, 0.2) is 17.4 Å². The lowest BCUT2D eigenvalue weighted by Gasteiger charge is -2.14. The molecule has 0 atom stereocenters. The van der Waals surface area contributed by atoms with Crippen molar-refractivity contribution in [2.45, 2.75) is 30.9 Å². The number of carbonyl (C=O) groups excluding carboxylic acids is 1. The van der Waals surface area contributed by atoms with Crippen LogP contribution >= 0.6 is 0 Å². The summed E-state index contributed by atoms with van der Waals surface area (Å²) in [5.41, 5.74) is -0.208. The SMILES string of the molecule is CNc1nn(C)cc1Nc1ncc(-c2ccc(CC(=O)Nc3cc(C4(C(F)(F)F)CC4)on3)c(F)c2)cn1. The fourth-order valence-electron chi connectivity index (χ4n) is 4.01. The van der Waals surface area contributed by atoms with Gasteiger partial charge in [-0.1, -0.05) is 17.3 Å².